The predicted octanol–water partition coefficient (Wildman–Crippen LogP) is 4.44. The summed E-state index contributed by atoms with van der Waals surface area (Å²) in [6.07, 6.45) is 0. The maximum atomic E-state index is 13.5. The number of nitrogens with one attached hydrogen (secondary N) is 2. The molecular weight excluding hydrogens is 430 g/mol. The third kappa shape index (κ3) is 4.99. The molecule has 0 radical (unpaired) electrons. The first-order valence-electron chi connectivity index (χ1n) is 11.0. The van der Waals surface area contributed by atoms with Gasteiger partial charge in [-0.15, -0.1) is 0 Å². The average Bonchev–Trinajstić information content (AvgIpc) is 3.05. The molecule has 1 aliphatic rings. The molecule has 3 amide bonds. The summed E-state index contributed by atoms with van der Waals surface area (Å²) < 4.78 is 5.56. The highest BCUT2D eigenvalue weighted by Gasteiger charge is 2.39. The summed E-state index contributed by atoms with van der Waals surface area (Å²) in [6.45, 7) is 4.00. The molecule has 0 aromatic heterocycles. The van der Waals surface area contributed by atoms with Crippen LogP contribution in [0.2, 0.25) is 0 Å². The van der Waals surface area contributed by atoms with Gasteiger partial charge >= 0.3 is 0 Å². The van der Waals surface area contributed by atoms with Crippen molar-refractivity contribution >= 4 is 34.7 Å². The molecule has 3 aromatic rings. The Labute approximate surface area is 198 Å². The van der Waals surface area contributed by atoms with E-state index in [0.717, 1.165) is 5.56 Å². The molecule has 0 saturated carbocycles. The van der Waals surface area contributed by atoms with Crippen LogP contribution < -0.4 is 15.4 Å². The summed E-state index contributed by atoms with van der Waals surface area (Å²) in [5.74, 6) is -0.321. The predicted molar refractivity (Wildman–Crippen MR) is 131 cm³/mol. The average molecular weight is 456 g/mol. The van der Waals surface area contributed by atoms with E-state index >= 15 is 0 Å². The first kappa shape index (κ1) is 22.8. The minimum Gasteiger partial charge on any atom is -0.494 e. The van der Waals surface area contributed by atoms with E-state index < -0.39 is 5.91 Å². The van der Waals surface area contributed by atoms with Crippen LogP contribution in [0.3, 0.4) is 0 Å². The number of hydrogen-bond acceptors (Lipinski definition) is 5. The SMILES string of the molecule is CCOc1cccc(NC2=C(c3ccc(NC(C)=O)cc3)C(=O)N(Cc3ccccc3)C2=O)c1. The molecule has 0 saturated heterocycles. The van der Waals surface area contributed by atoms with Gasteiger partial charge in [0.1, 0.15) is 11.4 Å². The van der Waals surface area contributed by atoms with Crippen molar-refractivity contribution in [2.45, 2.75) is 20.4 Å². The Kier molecular flexibility index (Phi) is 6.73. The smallest absolute Gasteiger partial charge is 0.278 e. The topological polar surface area (TPSA) is 87.7 Å². The van der Waals surface area contributed by atoms with Gasteiger partial charge in [0.2, 0.25) is 5.91 Å². The molecule has 4 rings (SSSR count). The molecule has 0 atom stereocenters. The van der Waals surface area contributed by atoms with E-state index in [9.17, 15) is 14.4 Å². The molecule has 7 nitrogen and oxygen atoms in total. The van der Waals surface area contributed by atoms with Crippen molar-refractivity contribution in [2.75, 3.05) is 17.2 Å². The zero-order valence-corrected chi connectivity index (χ0v) is 19.0. The van der Waals surface area contributed by atoms with Crippen molar-refractivity contribution < 1.29 is 19.1 Å². The molecule has 1 aliphatic heterocycles. The monoisotopic (exact) mass is 455 g/mol. The van der Waals surface area contributed by atoms with E-state index in [0.29, 0.717) is 29.3 Å². The minimum absolute atomic E-state index is 0.163. The van der Waals surface area contributed by atoms with E-state index in [1.807, 2.05) is 55.5 Å². The Hall–Kier alpha value is -4.39. The summed E-state index contributed by atoms with van der Waals surface area (Å²) in [5.41, 5.74) is 3.14. The second kappa shape index (κ2) is 10.0. The van der Waals surface area contributed by atoms with Crippen molar-refractivity contribution in [1.82, 2.24) is 4.90 Å². The van der Waals surface area contributed by atoms with Crippen molar-refractivity contribution in [1.29, 1.82) is 0 Å². The number of carbonyl (C=O) groups is 3. The van der Waals surface area contributed by atoms with Crippen LogP contribution in [-0.2, 0) is 20.9 Å². The van der Waals surface area contributed by atoms with E-state index in [2.05, 4.69) is 10.6 Å². The first-order valence-corrected chi connectivity index (χ1v) is 11.0. The number of carbonyl (C=O) groups excluding carboxylic acids is 3. The molecule has 2 N–H and O–H groups in total. The highest BCUT2D eigenvalue weighted by Crippen LogP contribution is 2.32. The third-order valence-electron chi connectivity index (χ3n) is 5.26. The van der Waals surface area contributed by atoms with Crippen molar-refractivity contribution in [3.8, 4) is 5.75 Å². The highest BCUT2D eigenvalue weighted by atomic mass is 16.5. The lowest BCUT2D eigenvalue weighted by Gasteiger charge is -2.15. The van der Waals surface area contributed by atoms with Crippen LogP contribution in [0, 0.1) is 0 Å². The third-order valence-corrected chi connectivity index (χ3v) is 5.26. The molecule has 172 valence electrons. The Morgan fingerprint density at radius 3 is 2.29 bits per heavy atom. The molecule has 0 unspecified atom stereocenters. The van der Waals surface area contributed by atoms with Crippen LogP contribution in [0.4, 0.5) is 11.4 Å². The molecule has 7 heteroatoms. The fourth-order valence-corrected chi connectivity index (χ4v) is 3.77. The highest BCUT2D eigenvalue weighted by molar-refractivity contribution is 6.36. The van der Waals surface area contributed by atoms with Crippen molar-refractivity contribution in [3.05, 3.63) is 95.7 Å². The molecule has 1 heterocycles. The summed E-state index contributed by atoms with van der Waals surface area (Å²) >= 11 is 0. The number of rotatable bonds is 8. The Balaban J connectivity index is 1.71. The maximum Gasteiger partial charge on any atom is 0.278 e. The van der Waals surface area contributed by atoms with E-state index in [1.54, 1.807) is 30.3 Å². The standard InChI is InChI=1S/C27H25N3O4/c1-3-34-23-11-7-10-22(16-23)29-25-24(20-12-14-21(15-13-20)28-18(2)31)26(32)30(27(25)33)17-19-8-5-4-6-9-19/h4-16,29H,3,17H2,1-2H3,(H,28,31). The molecule has 0 bridgehead atoms. The lowest BCUT2D eigenvalue weighted by atomic mass is 10.0. The van der Waals surface area contributed by atoms with E-state index in [1.165, 1.54) is 11.8 Å². The summed E-state index contributed by atoms with van der Waals surface area (Å²) in [4.78, 5) is 39.5. The lowest BCUT2D eigenvalue weighted by molar-refractivity contribution is -0.137. The van der Waals surface area contributed by atoms with Gasteiger partial charge in [0.25, 0.3) is 11.8 Å². The van der Waals surface area contributed by atoms with E-state index in [4.69, 9.17) is 4.74 Å². The number of imide groups is 1. The van der Waals surface area contributed by atoms with Gasteiger partial charge in [-0.05, 0) is 42.3 Å². The molecule has 34 heavy (non-hydrogen) atoms. The summed E-state index contributed by atoms with van der Waals surface area (Å²) in [5, 5.41) is 5.86. The maximum absolute atomic E-state index is 13.5. The minimum atomic E-state index is -0.406. The van der Waals surface area contributed by atoms with Gasteiger partial charge in [0.15, 0.2) is 0 Å². The Morgan fingerprint density at radius 1 is 0.882 bits per heavy atom. The first-order chi connectivity index (χ1) is 16.5. The number of hydrogen-bond donors (Lipinski definition) is 2. The van der Waals surface area contributed by atoms with Crippen LogP contribution in [0.25, 0.3) is 5.57 Å². The number of anilines is 2. The van der Waals surface area contributed by atoms with Crippen LogP contribution in [0.1, 0.15) is 25.0 Å². The van der Waals surface area contributed by atoms with Crippen LogP contribution in [0.5, 0.6) is 5.75 Å². The number of amides is 3. The fraction of sp³-hybridized carbons (Fsp3) is 0.148. The van der Waals surface area contributed by atoms with Crippen LogP contribution >= 0.6 is 0 Å². The second-order valence-corrected chi connectivity index (χ2v) is 7.78. The van der Waals surface area contributed by atoms with Gasteiger partial charge in [-0.3, -0.25) is 19.3 Å². The fourth-order valence-electron chi connectivity index (χ4n) is 3.77. The molecule has 0 aliphatic carbocycles. The quantitative estimate of drug-likeness (QED) is 0.491. The zero-order valence-electron chi connectivity index (χ0n) is 19.0. The van der Waals surface area contributed by atoms with Gasteiger partial charge in [0, 0.05) is 24.4 Å². The number of benzene rings is 3. The second-order valence-electron chi connectivity index (χ2n) is 7.78. The van der Waals surface area contributed by atoms with Gasteiger partial charge in [-0.1, -0.05) is 48.5 Å². The van der Waals surface area contributed by atoms with Crippen LogP contribution in [-0.4, -0.2) is 29.2 Å². The molecule has 0 fully saturated rings. The van der Waals surface area contributed by atoms with E-state index in [-0.39, 0.29) is 29.6 Å². The largest absolute Gasteiger partial charge is 0.494 e. The van der Waals surface area contributed by atoms with Gasteiger partial charge < -0.3 is 15.4 Å². The summed E-state index contributed by atoms with van der Waals surface area (Å²) in [6, 6.07) is 23.5. The van der Waals surface area contributed by atoms with Crippen molar-refractivity contribution in [3.63, 3.8) is 0 Å². The van der Waals surface area contributed by atoms with Gasteiger partial charge in [-0.25, -0.2) is 0 Å². The Bertz CT molecular complexity index is 1250. The van der Waals surface area contributed by atoms with Gasteiger partial charge in [0.05, 0.1) is 18.7 Å². The molecular formula is C27H25N3O4. The zero-order chi connectivity index (χ0) is 24.1. The van der Waals surface area contributed by atoms with Crippen molar-refractivity contribution in [2.24, 2.45) is 0 Å². The molecule has 0 spiro atoms. The summed E-state index contributed by atoms with van der Waals surface area (Å²) in [7, 11) is 0. The Morgan fingerprint density at radius 2 is 1.62 bits per heavy atom. The number of nitrogens with zero attached hydrogens (tertiary/aromatic N) is 1. The number of ether oxygens (including phenoxy) is 1. The van der Waals surface area contributed by atoms with Crippen LogP contribution in [0.15, 0.2) is 84.6 Å². The van der Waals surface area contributed by atoms with Gasteiger partial charge in [-0.2, -0.15) is 0 Å². The lowest BCUT2D eigenvalue weighted by Crippen LogP contribution is -2.31. The normalized spacial score (nSPS) is 13.3. The molecule has 3 aromatic carbocycles.